The zero-order chi connectivity index (χ0) is 27.0. The second-order valence-corrected chi connectivity index (χ2v) is 10.9. The number of sulfonamides is 1. The number of hydrogen-bond donors (Lipinski definition) is 0. The van der Waals surface area contributed by atoms with Crippen LogP contribution in [-0.2, 0) is 31.0 Å². The maximum absolute atomic E-state index is 13.8. The Balaban J connectivity index is 1.50. The monoisotopic (exact) mass is 556 g/mol. The number of halogens is 1. The highest BCUT2D eigenvalue weighted by Gasteiger charge is 2.47. The Morgan fingerprint density at radius 3 is 2.39 bits per heavy atom. The van der Waals surface area contributed by atoms with E-state index in [1.54, 1.807) is 18.2 Å². The smallest absolute Gasteiger partial charge is 0.308 e. The highest BCUT2D eigenvalue weighted by atomic mass is 35.5. The van der Waals surface area contributed by atoms with E-state index in [1.165, 1.54) is 55.5 Å². The minimum atomic E-state index is -4.25. The van der Waals surface area contributed by atoms with Crippen LogP contribution < -0.4 is 19.1 Å². The van der Waals surface area contributed by atoms with Crippen LogP contribution in [0.15, 0.2) is 71.6 Å². The molecule has 10 nitrogen and oxygen atoms in total. The van der Waals surface area contributed by atoms with Crippen molar-refractivity contribution in [2.45, 2.75) is 30.8 Å². The third-order valence-electron chi connectivity index (χ3n) is 6.02. The number of esters is 1. The molecule has 2 heterocycles. The molecule has 0 radical (unpaired) electrons. The molecular formula is C26H21ClN2O8S. The Hall–Kier alpha value is -3.93. The van der Waals surface area contributed by atoms with Gasteiger partial charge in [0.1, 0.15) is 11.8 Å². The molecule has 1 saturated heterocycles. The third kappa shape index (κ3) is 4.95. The molecule has 0 bridgehead atoms. The predicted molar refractivity (Wildman–Crippen MR) is 135 cm³/mol. The Morgan fingerprint density at radius 2 is 1.71 bits per heavy atom. The minimum Gasteiger partial charge on any atom is -0.454 e. The van der Waals surface area contributed by atoms with Gasteiger partial charge >= 0.3 is 5.97 Å². The van der Waals surface area contributed by atoms with Crippen LogP contribution in [0, 0.1) is 0 Å². The second-order valence-electron chi connectivity index (χ2n) is 8.57. The fourth-order valence-corrected chi connectivity index (χ4v) is 5.96. The zero-order valence-corrected chi connectivity index (χ0v) is 21.6. The van der Waals surface area contributed by atoms with Crippen LogP contribution in [0.4, 0.5) is 5.69 Å². The molecule has 1 fully saturated rings. The highest BCUT2D eigenvalue weighted by molar-refractivity contribution is 7.89. The highest BCUT2D eigenvalue weighted by Crippen LogP contribution is 2.35. The van der Waals surface area contributed by atoms with Gasteiger partial charge in [-0.05, 0) is 66.2 Å². The van der Waals surface area contributed by atoms with Crippen LogP contribution in [0.25, 0.3) is 0 Å². The van der Waals surface area contributed by atoms with Gasteiger partial charge in [-0.2, -0.15) is 4.31 Å². The number of carbonyl (C=O) groups is 3. The summed E-state index contributed by atoms with van der Waals surface area (Å²) in [4.78, 5) is 38.7. The van der Waals surface area contributed by atoms with E-state index < -0.39 is 33.8 Å². The number of anilines is 1. The van der Waals surface area contributed by atoms with E-state index in [4.69, 9.17) is 25.8 Å². The second kappa shape index (κ2) is 10.1. The molecular weight excluding hydrogens is 536 g/mol. The van der Waals surface area contributed by atoms with E-state index in [0.29, 0.717) is 22.1 Å². The first-order chi connectivity index (χ1) is 18.1. The number of amides is 2. The Kier molecular flexibility index (Phi) is 6.82. The van der Waals surface area contributed by atoms with Crippen molar-refractivity contribution in [1.29, 1.82) is 0 Å². The average Bonchev–Trinajstić information content (AvgIpc) is 3.46. The van der Waals surface area contributed by atoms with Crippen LogP contribution in [-0.4, -0.2) is 43.3 Å². The molecule has 3 aromatic rings. The first-order valence-corrected chi connectivity index (χ1v) is 13.3. The summed E-state index contributed by atoms with van der Waals surface area (Å²) in [5, 5.41) is 0.349. The van der Waals surface area contributed by atoms with Gasteiger partial charge < -0.3 is 14.2 Å². The molecule has 0 aromatic heterocycles. The van der Waals surface area contributed by atoms with Crippen molar-refractivity contribution in [1.82, 2.24) is 4.31 Å². The summed E-state index contributed by atoms with van der Waals surface area (Å²) in [6.07, 6.45) is -0.359. The molecule has 1 atom stereocenters. The standard InChI is InChI=1S/C26H21ClN2O8S/c1-16(30)37-20-7-5-19(6-8-20)29-25(31)13-22(26(29)32)28(38(33,34)21-9-3-18(27)4-10-21)14-17-2-11-23-24(12-17)36-15-35-23/h2-12,22H,13-15H2,1H3. The topological polar surface area (TPSA) is 120 Å². The molecule has 38 heavy (non-hydrogen) atoms. The average molecular weight is 557 g/mol. The fourth-order valence-electron chi connectivity index (χ4n) is 4.27. The summed E-state index contributed by atoms with van der Waals surface area (Å²) in [6.45, 7) is 1.10. The molecule has 12 heteroatoms. The van der Waals surface area contributed by atoms with E-state index in [9.17, 15) is 22.8 Å². The lowest BCUT2D eigenvalue weighted by Crippen LogP contribution is -2.45. The Morgan fingerprint density at radius 1 is 1.03 bits per heavy atom. The minimum absolute atomic E-state index is 0.0480. The number of carbonyl (C=O) groups excluding carboxylic acids is 3. The largest absolute Gasteiger partial charge is 0.454 e. The molecule has 0 aliphatic carbocycles. The van der Waals surface area contributed by atoms with Gasteiger partial charge in [-0.1, -0.05) is 17.7 Å². The van der Waals surface area contributed by atoms with E-state index in [-0.39, 0.29) is 36.1 Å². The lowest BCUT2D eigenvalue weighted by molar-refractivity contribution is -0.132. The van der Waals surface area contributed by atoms with Crippen LogP contribution >= 0.6 is 11.6 Å². The van der Waals surface area contributed by atoms with Gasteiger partial charge in [0, 0.05) is 18.5 Å². The van der Waals surface area contributed by atoms with Crippen molar-refractivity contribution in [3.63, 3.8) is 0 Å². The van der Waals surface area contributed by atoms with Crippen molar-refractivity contribution in [2.75, 3.05) is 11.7 Å². The lowest BCUT2D eigenvalue weighted by Gasteiger charge is -2.27. The number of rotatable bonds is 7. The van der Waals surface area contributed by atoms with Crippen molar-refractivity contribution >= 4 is 45.1 Å². The van der Waals surface area contributed by atoms with Crippen LogP contribution in [0.1, 0.15) is 18.9 Å². The van der Waals surface area contributed by atoms with Gasteiger partial charge in [-0.3, -0.25) is 14.4 Å². The molecule has 0 saturated carbocycles. The molecule has 0 N–H and O–H groups in total. The molecule has 2 amide bonds. The number of fused-ring (bicyclic) bond motifs is 1. The van der Waals surface area contributed by atoms with E-state index in [1.807, 2.05) is 0 Å². The normalized spacial score (nSPS) is 16.8. The summed E-state index contributed by atoms with van der Waals surface area (Å²) in [7, 11) is -4.25. The summed E-state index contributed by atoms with van der Waals surface area (Å²) >= 11 is 5.95. The summed E-state index contributed by atoms with van der Waals surface area (Å²) in [5.41, 5.74) is 0.765. The molecule has 3 aromatic carbocycles. The van der Waals surface area contributed by atoms with Crippen molar-refractivity contribution in [2.24, 2.45) is 0 Å². The first kappa shape index (κ1) is 25.7. The van der Waals surface area contributed by atoms with E-state index in [0.717, 1.165) is 9.21 Å². The summed E-state index contributed by atoms with van der Waals surface area (Å²) in [6, 6.07) is 15.0. The fraction of sp³-hybridized carbons (Fsp3) is 0.192. The molecule has 2 aliphatic rings. The van der Waals surface area contributed by atoms with Crippen molar-refractivity contribution in [3.05, 3.63) is 77.3 Å². The molecule has 0 spiro atoms. The van der Waals surface area contributed by atoms with Gasteiger partial charge in [-0.25, -0.2) is 13.3 Å². The predicted octanol–water partition coefficient (Wildman–Crippen LogP) is 3.52. The van der Waals surface area contributed by atoms with Gasteiger partial charge in [0.25, 0.3) is 5.91 Å². The Labute approximate surface area is 223 Å². The maximum Gasteiger partial charge on any atom is 0.308 e. The van der Waals surface area contributed by atoms with E-state index in [2.05, 4.69) is 0 Å². The van der Waals surface area contributed by atoms with Gasteiger partial charge in [-0.15, -0.1) is 0 Å². The molecule has 196 valence electrons. The molecule has 2 aliphatic heterocycles. The molecule has 1 unspecified atom stereocenters. The van der Waals surface area contributed by atoms with Crippen molar-refractivity contribution < 1.29 is 37.0 Å². The van der Waals surface area contributed by atoms with Crippen molar-refractivity contribution in [3.8, 4) is 17.2 Å². The third-order valence-corrected chi connectivity index (χ3v) is 8.14. The van der Waals surface area contributed by atoms with Gasteiger partial charge in [0.05, 0.1) is 17.0 Å². The number of nitrogens with zero attached hydrogens (tertiary/aromatic N) is 2. The number of imide groups is 1. The van der Waals surface area contributed by atoms with Crippen LogP contribution in [0.5, 0.6) is 17.2 Å². The summed E-state index contributed by atoms with van der Waals surface area (Å²) in [5.74, 6) is -0.564. The van der Waals surface area contributed by atoms with Gasteiger partial charge in [0.15, 0.2) is 11.5 Å². The van der Waals surface area contributed by atoms with Crippen LogP contribution in [0.2, 0.25) is 5.02 Å². The quantitative estimate of drug-likeness (QED) is 0.246. The Bertz CT molecular complexity index is 1520. The van der Waals surface area contributed by atoms with Crippen LogP contribution in [0.3, 0.4) is 0 Å². The molecule has 5 rings (SSSR count). The summed E-state index contributed by atoms with van der Waals surface area (Å²) < 4.78 is 44.4. The van der Waals surface area contributed by atoms with E-state index >= 15 is 0 Å². The number of benzene rings is 3. The number of ether oxygens (including phenoxy) is 3. The first-order valence-electron chi connectivity index (χ1n) is 11.4. The lowest BCUT2D eigenvalue weighted by atomic mass is 10.1. The SMILES string of the molecule is CC(=O)Oc1ccc(N2C(=O)CC(N(Cc3ccc4c(c3)OCO4)S(=O)(=O)c3ccc(Cl)cc3)C2=O)cc1. The van der Waals surface area contributed by atoms with Gasteiger partial charge in [0.2, 0.25) is 22.7 Å². The number of hydrogen-bond acceptors (Lipinski definition) is 8. The maximum atomic E-state index is 13.8. The zero-order valence-electron chi connectivity index (χ0n) is 20.0.